The van der Waals surface area contributed by atoms with E-state index in [1.807, 2.05) is 17.0 Å². The molecule has 2 heterocycles. The summed E-state index contributed by atoms with van der Waals surface area (Å²) in [5, 5.41) is 0. The smallest absolute Gasteiger partial charge is 0.326 e. The van der Waals surface area contributed by atoms with Crippen molar-refractivity contribution in [3.8, 4) is 11.5 Å². The summed E-state index contributed by atoms with van der Waals surface area (Å²) in [6.07, 6.45) is 1.51. The minimum atomic E-state index is -0.187. The van der Waals surface area contributed by atoms with Gasteiger partial charge >= 0.3 is 5.69 Å². The lowest BCUT2D eigenvalue weighted by Crippen LogP contribution is -2.33. The van der Waals surface area contributed by atoms with Gasteiger partial charge in [0.15, 0.2) is 11.5 Å². The van der Waals surface area contributed by atoms with E-state index in [-0.39, 0.29) is 11.6 Å². The van der Waals surface area contributed by atoms with E-state index in [2.05, 4.69) is 4.98 Å². The number of imidazole rings is 1. The molecule has 28 heavy (non-hydrogen) atoms. The van der Waals surface area contributed by atoms with Gasteiger partial charge in [0.25, 0.3) is 5.91 Å². The Hall–Kier alpha value is -3.22. The number of aromatic nitrogens is 2. The van der Waals surface area contributed by atoms with Gasteiger partial charge in [-0.05, 0) is 54.3 Å². The summed E-state index contributed by atoms with van der Waals surface area (Å²) in [5.41, 5.74) is 4.21. The average Bonchev–Trinajstić information content (AvgIpc) is 2.88. The molecule has 0 atom stereocenters. The first-order valence-corrected chi connectivity index (χ1v) is 9.23. The fourth-order valence-corrected chi connectivity index (χ4v) is 3.79. The SMILES string of the molecule is COc1cc2c(cc1OC)CCN(C(=O)c1ccc3[nH]c(=O)n(C)c3c1)CC2. The number of amides is 1. The highest BCUT2D eigenvalue weighted by Gasteiger charge is 2.22. The molecular formula is C21H23N3O4. The maximum atomic E-state index is 13.1. The zero-order valence-corrected chi connectivity index (χ0v) is 16.2. The molecule has 2 aromatic carbocycles. The number of nitrogens with zero attached hydrogens (tertiary/aromatic N) is 2. The number of carbonyl (C=O) groups excluding carboxylic acids is 1. The van der Waals surface area contributed by atoms with Gasteiger partial charge < -0.3 is 19.4 Å². The van der Waals surface area contributed by atoms with Crippen LogP contribution < -0.4 is 15.2 Å². The lowest BCUT2D eigenvalue weighted by Gasteiger charge is -2.20. The summed E-state index contributed by atoms with van der Waals surface area (Å²) >= 11 is 0. The normalized spacial score (nSPS) is 13.9. The lowest BCUT2D eigenvalue weighted by molar-refractivity contribution is 0.0763. The molecule has 3 aromatic rings. The lowest BCUT2D eigenvalue weighted by atomic mass is 10.0. The molecule has 1 amide bonds. The molecule has 0 aliphatic carbocycles. The van der Waals surface area contributed by atoms with Gasteiger partial charge in [0, 0.05) is 25.7 Å². The Morgan fingerprint density at radius 3 is 2.18 bits per heavy atom. The van der Waals surface area contributed by atoms with Crippen LogP contribution in [-0.2, 0) is 19.9 Å². The van der Waals surface area contributed by atoms with Crippen molar-refractivity contribution < 1.29 is 14.3 Å². The summed E-state index contributed by atoms with van der Waals surface area (Å²) in [7, 11) is 4.95. The van der Waals surface area contributed by atoms with E-state index in [0.717, 1.165) is 23.9 Å². The molecule has 0 spiro atoms. The van der Waals surface area contributed by atoms with Gasteiger partial charge in [-0.3, -0.25) is 9.36 Å². The number of hydrogen-bond acceptors (Lipinski definition) is 4. The van der Waals surface area contributed by atoms with E-state index in [9.17, 15) is 9.59 Å². The van der Waals surface area contributed by atoms with E-state index in [1.54, 1.807) is 39.5 Å². The van der Waals surface area contributed by atoms with Crippen molar-refractivity contribution in [2.45, 2.75) is 12.8 Å². The van der Waals surface area contributed by atoms with Gasteiger partial charge in [0.1, 0.15) is 0 Å². The molecule has 7 heteroatoms. The number of ether oxygens (including phenoxy) is 2. The fourth-order valence-electron chi connectivity index (χ4n) is 3.79. The molecule has 0 saturated heterocycles. The molecule has 7 nitrogen and oxygen atoms in total. The molecule has 1 aliphatic heterocycles. The first-order chi connectivity index (χ1) is 13.5. The summed E-state index contributed by atoms with van der Waals surface area (Å²) in [5.74, 6) is 1.39. The molecule has 1 aromatic heterocycles. The van der Waals surface area contributed by atoms with Crippen molar-refractivity contribution in [3.05, 3.63) is 57.5 Å². The summed E-state index contributed by atoms with van der Waals surface area (Å²) in [6, 6.07) is 9.34. The van der Waals surface area contributed by atoms with Crippen LogP contribution in [0.4, 0.5) is 0 Å². The highest BCUT2D eigenvalue weighted by molar-refractivity contribution is 5.97. The van der Waals surface area contributed by atoms with Crippen molar-refractivity contribution >= 4 is 16.9 Å². The quantitative estimate of drug-likeness (QED) is 0.754. The maximum absolute atomic E-state index is 13.1. The van der Waals surface area contributed by atoms with Crippen LogP contribution >= 0.6 is 0 Å². The van der Waals surface area contributed by atoms with E-state index in [4.69, 9.17) is 9.47 Å². The van der Waals surface area contributed by atoms with Crippen molar-refractivity contribution in [1.82, 2.24) is 14.5 Å². The number of carbonyl (C=O) groups is 1. The van der Waals surface area contributed by atoms with Crippen LogP contribution in [-0.4, -0.2) is 47.7 Å². The summed E-state index contributed by atoms with van der Waals surface area (Å²) in [4.78, 5) is 29.5. The van der Waals surface area contributed by atoms with Gasteiger partial charge in [-0.25, -0.2) is 4.79 Å². The molecule has 0 unspecified atom stereocenters. The van der Waals surface area contributed by atoms with Crippen LogP contribution in [0.1, 0.15) is 21.5 Å². The number of methoxy groups -OCH3 is 2. The number of fused-ring (bicyclic) bond motifs is 2. The topological polar surface area (TPSA) is 76.6 Å². The number of nitrogens with one attached hydrogen (secondary N) is 1. The number of aromatic amines is 1. The monoisotopic (exact) mass is 381 g/mol. The third kappa shape index (κ3) is 3.02. The molecular weight excluding hydrogens is 358 g/mol. The third-order valence-electron chi connectivity index (χ3n) is 5.45. The second-order valence-electron chi connectivity index (χ2n) is 6.99. The largest absolute Gasteiger partial charge is 0.493 e. The first-order valence-electron chi connectivity index (χ1n) is 9.23. The van der Waals surface area contributed by atoms with Crippen LogP contribution in [0.25, 0.3) is 11.0 Å². The molecule has 0 saturated carbocycles. The van der Waals surface area contributed by atoms with E-state index < -0.39 is 0 Å². The summed E-state index contributed by atoms with van der Waals surface area (Å²) in [6.45, 7) is 1.26. The molecule has 0 radical (unpaired) electrons. The Kier molecular flexibility index (Phi) is 4.58. The molecule has 0 fully saturated rings. The second-order valence-corrected chi connectivity index (χ2v) is 6.99. The minimum Gasteiger partial charge on any atom is -0.493 e. The third-order valence-corrected chi connectivity index (χ3v) is 5.45. The summed E-state index contributed by atoms with van der Waals surface area (Å²) < 4.78 is 12.3. The highest BCUT2D eigenvalue weighted by atomic mass is 16.5. The predicted octanol–water partition coefficient (Wildman–Crippen LogP) is 2.12. The second kappa shape index (κ2) is 7.07. The van der Waals surface area contributed by atoms with Crippen molar-refractivity contribution in [2.75, 3.05) is 27.3 Å². The molecule has 1 N–H and O–H groups in total. The Balaban J connectivity index is 1.60. The number of H-pyrrole nitrogens is 1. The van der Waals surface area contributed by atoms with Gasteiger partial charge in [-0.2, -0.15) is 0 Å². The van der Waals surface area contributed by atoms with E-state index in [1.165, 1.54) is 15.7 Å². The highest BCUT2D eigenvalue weighted by Crippen LogP contribution is 2.32. The number of rotatable bonds is 3. The number of aryl methyl sites for hydroxylation is 1. The first kappa shape index (κ1) is 18.2. The van der Waals surface area contributed by atoms with Gasteiger partial charge in [-0.1, -0.05) is 0 Å². The van der Waals surface area contributed by atoms with E-state index in [0.29, 0.717) is 30.2 Å². The molecule has 146 valence electrons. The maximum Gasteiger partial charge on any atom is 0.326 e. The Bertz CT molecular complexity index is 1080. The zero-order chi connectivity index (χ0) is 19.8. The van der Waals surface area contributed by atoms with Gasteiger partial charge in [0.05, 0.1) is 25.3 Å². The average molecular weight is 381 g/mol. The number of hydrogen-bond donors (Lipinski definition) is 1. The molecule has 4 rings (SSSR count). The van der Waals surface area contributed by atoms with Crippen molar-refractivity contribution in [2.24, 2.45) is 7.05 Å². The van der Waals surface area contributed by atoms with Gasteiger partial charge in [0.2, 0.25) is 0 Å². The van der Waals surface area contributed by atoms with Gasteiger partial charge in [-0.15, -0.1) is 0 Å². The Morgan fingerprint density at radius 2 is 1.61 bits per heavy atom. The van der Waals surface area contributed by atoms with Crippen molar-refractivity contribution in [1.29, 1.82) is 0 Å². The number of benzene rings is 2. The van der Waals surface area contributed by atoms with Crippen LogP contribution in [0, 0.1) is 0 Å². The minimum absolute atomic E-state index is 0.0257. The predicted molar refractivity (Wildman–Crippen MR) is 106 cm³/mol. The van der Waals surface area contributed by atoms with Crippen LogP contribution in [0.2, 0.25) is 0 Å². The van der Waals surface area contributed by atoms with Crippen LogP contribution in [0.15, 0.2) is 35.1 Å². The fraction of sp³-hybridized carbons (Fsp3) is 0.333. The van der Waals surface area contributed by atoms with Crippen LogP contribution in [0.5, 0.6) is 11.5 Å². The van der Waals surface area contributed by atoms with Crippen molar-refractivity contribution in [3.63, 3.8) is 0 Å². The van der Waals surface area contributed by atoms with E-state index >= 15 is 0 Å². The Labute approximate surface area is 162 Å². The molecule has 0 bridgehead atoms. The standard InChI is InChI=1S/C21H23N3O4/c1-23-17-10-15(4-5-16(17)22-21(23)26)20(25)24-8-6-13-11-18(27-2)19(28-3)12-14(13)7-9-24/h4-5,10-12H,6-9H2,1-3H3,(H,22,26). The zero-order valence-electron chi connectivity index (χ0n) is 16.2. The van der Waals surface area contributed by atoms with Crippen LogP contribution in [0.3, 0.4) is 0 Å². The Morgan fingerprint density at radius 1 is 1.00 bits per heavy atom. The molecule has 1 aliphatic rings.